The number of hydrogen-bond donors (Lipinski definition) is 1. The first-order valence-corrected chi connectivity index (χ1v) is 4.68. The van der Waals surface area contributed by atoms with E-state index in [0.29, 0.717) is 0 Å². The maximum atomic E-state index is 11.1. The van der Waals surface area contributed by atoms with Crippen molar-refractivity contribution in [3.8, 4) is 12.3 Å². The van der Waals surface area contributed by atoms with E-state index in [-0.39, 0.29) is 12.5 Å². The van der Waals surface area contributed by atoms with Gasteiger partial charge in [0.05, 0.1) is 6.54 Å². The molecule has 0 radical (unpaired) electrons. The van der Waals surface area contributed by atoms with Gasteiger partial charge < -0.3 is 5.32 Å². The zero-order chi connectivity index (χ0) is 11.1. The van der Waals surface area contributed by atoms with E-state index >= 15 is 0 Å². The molecule has 15 heavy (non-hydrogen) atoms. The molecular formula is C13H13NO. The molecule has 2 nitrogen and oxygen atoms in total. The summed E-state index contributed by atoms with van der Waals surface area (Å²) in [6.45, 7) is 2.28. The molecule has 0 saturated carbocycles. The lowest BCUT2D eigenvalue weighted by molar-refractivity contribution is -0.116. The SMILES string of the molecule is C#CCNC(=O)/C=C/c1ccc(C)cc1. The highest BCUT2D eigenvalue weighted by atomic mass is 16.1. The van der Waals surface area contributed by atoms with Crippen molar-refractivity contribution in [3.05, 3.63) is 41.5 Å². The fourth-order valence-electron chi connectivity index (χ4n) is 1.05. The third-order valence-corrected chi connectivity index (χ3v) is 1.87. The Kier molecular flexibility index (Phi) is 4.18. The molecule has 0 saturated heterocycles. The maximum absolute atomic E-state index is 11.1. The van der Waals surface area contributed by atoms with E-state index in [1.807, 2.05) is 31.2 Å². The third kappa shape index (κ3) is 4.15. The Bertz CT molecular complexity index is 396. The van der Waals surface area contributed by atoms with Gasteiger partial charge in [-0.3, -0.25) is 4.79 Å². The van der Waals surface area contributed by atoms with Crippen LogP contribution in [0.25, 0.3) is 6.08 Å². The Balaban J connectivity index is 2.54. The van der Waals surface area contributed by atoms with Crippen molar-refractivity contribution >= 4 is 12.0 Å². The van der Waals surface area contributed by atoms with Crippen LogP contribution in [-0.2, 0) is 4.79 Å². The summed E-state index contributed by atoms with van der Waals surface area (Å²) in [4.78, 5) is 11.1. The molecule has 1 rings (SSSR count). The summed E-state index contributed by atoms with van der Waals surface area (Å²) in [7, 11) is 0. The fourth-order valence-corrected chi connectivity index (χ4v) is 1.05. The summed E-state index contributed by atoms with van der Waals surface area (Å²) < 4.78 is 0. The van der Waals surface area contributed by atoms with E-state index in [1.165, 1.54) is 11.6 Å². The smallest absolute Gasteiger partial charge is 0.244 e. The minimum Gasteiger partial charge on any atom is -0.342 e. The van der Waals surface area contributed by atoms with Gasteiger partial charge in [0.15, 0.2) is 0 Å². The van der Waals surface area contributed by atoms with Gasteiger partial charge in [0, 0.05) is 6.08 Å². The Hall–Kier alpha value is -2.01. The van der Waals surface area contributed by atoms with E-state index in [9.17, 15) is 4.79 Å². The molecule has 0 bridgehead atoms. The molecule has 1 N–H and O–H groups in total. The van der Waals surface area contributed by atoms with Crippen LogP contribution >= 0.6 is 0 Å². The monoisotopic (exact) mass is 199 g/mol. The summed E-state index contributed by atoms with van der Waals surface area (Å²) in [6.07, 6.45) is 8.24. The van der Waals surface area contributed by atoms with Gasteiger partial charge in [-0.15, -0.1) is 6.42 Å². The van der Waals surface area contributed by atoms with Crippen molar-refractivity contribution in [1.82, 2.24) is 5.32 Å². The van der Waals surface area contributed by atoms with Crippen LogP contribution in [0.4, 0.5) is 0 Å². The molecule has 0 unspecified atom stereocenters. The van der Waals surface area contributed by atoms with Crippen LogP contribution in [0, 0.1) is 19.3 Å². The van der Waals surface area contributed by atoms with Gasteiger partial charge in [-0.05, 0) is 18.6 Å². The lowest BCUT2D eigenvalue weighted by Gasteiger charge is -1.96. The van der Waals surface area contributed by atoms with E-state index in [1.54, 1.807) is 6.08 Å². The molecule has 0 aliphatic rings. The van der Waals surface area contributed by atoms with Gasteiger partial charge in [-0.25, -0.2) is 0 Å². The first kappa shape index (κ1) is 11.1. The van der Waals surface area contributed by atoms with Crippen LogP contribution in [0.15, 0.2) is 30.3 Å². The Labute approximate surface area is 90.0 Å². The molecule has 1 aromatic carbocycles. The van der Waals surface area contributed by atoms with Crippen LogP contribution < -0.4 is 5.32 Å². The minimum absolute atomic E-state index is 0.173. The van der Waals surface area contributed by atoms with Crippen molar-refractivity contribution in [2.75, 3.05) is 6.54 Å². The normalized spacial score (nSPS) is 9.87. The number of carbonyl (C=O) groups excluding carboxylic acids is 1. The van der Waals surface area contributed by atoms with Crippen molar-refractivity contribution < 1.29 is 4.79 Å². The van der Waals surface area contributed by atoms with Crippen LogP contribution in [0.2, 0.25) is 0 Å². The van der Waals surface area contributed by atoms with Crippen molar-refractivity contribution in [2.24, 2.45) is 0 Å². The number of terminal acetylenes is 1. The Morgan fingerprint density at radius 3 is 2.73 bits per heavy atom. The number of nitrogens with one attached hydrogen (secondary N) is 1. The summed E-state index contributed by atoms with van der Waals surface area (Å²) in [5, 5.41) is 2.55. The number of rotatable bonds is 3. The van der Waals surface area contributed by atoms with Crippen LogP contribution in [-0.4, -0.2) is 12.5 Å². The molecule has 0 aliphatic carbocycles. The summed E-state index contributed by atoms with van der Waals surface area (Å²) in [6, 6.07) is 7.92. The number of hydrogen-bond acceptors (Lipinski definition) is 1. The lowest BCUT2D eigenvalue weighted by atomic mass is 10.1. The predicted octanol–water partition coefficient (Wildman–Crippen LogP) is 1.76. The van der Waals surface area contributed by atoms with E-state index < -0.39 is 0 Å². The maximum Gasteiger partial charge on any atom is 0.244 e. The van der Waals surface area contributed by atoms with Gasteiger partial charge in [0.1, 0.15) is 0 Å². The summed E-state index contributed by atoms with van der Waals surface area (Å²) in [5.41, 5.74) is 2.19. The number of amides is 1. The first-order chi connectivity index (χ1) is 7.22. The average molecular weight is 199 g/mol. The largest absolute Gasteiger partial charge is 0.342 e. The highest BCUT2D eigenvalue weighted by molar-refractivity contribution is 5.91. The van der Waals surface area contributed by atoms with Crippen molar-refractivity contribution in [3.63, 3.8) is 0 Å². The highest BCUT2D eigenvalue weighted by Crippen LogP contribution is 2.04. The predicted molar refractivity (Wildman–Crippen MR) is 62.1 cm³/mol. The average Bonchev–Trinajstić information content (AvgIpc) is 2.25. The van der Waals surface area contributed by atoms with E-state index in [4.69, 9.17) is 6.42 Å². The number of benzene rings is 1. The second kappa shape index (κ2) is 5.66. The van der Waals surface area contributed by atoms with Gasteiger partial charge >= 0.3 is 0 Å². The minimum atomic E-state index is -0.173. The molecular weight excluding hydrogens is 186 g/mol. The summed E-state index contributed by atoms with van der Waals surface area (Å²) >= 11 is 0. The standard InChI is InChI=1S/C13H13NO/c1-3-10-14-13(15)9-8-12-6-4-11(2)5-7-12/h1,4-9H,10H2,2H3,(H,14,15)/b9-8+. The Morgan fingerprint density at radius 2 is 2.13 bits per heavy atom. The molecule has 0 fully saturated rings. The first-order valence-electron chi connectivity index (χ1n) is 4.68. The lowest BCUT2D eigenvalue weighted by Crippen LogP contribution is -2.20. The summed E-state index contributed by atoms with van der Waals surface area (Å²) in [5.74, 6) is 2.17. The molecule has 2 heteroatoms. The molecule has 76 valence electrons. The van der Waals surface area contributed by atoms with Gasteiger partial charge in [0.2, 0.25) is 5.91 Å². The van der Waals surface area contributed by atoms with Gasteiger partial charge in [-0.1, -0.05) is 35.7 Å². The topological polar surface area (TPSA) is 29.1 Å². The number of aryl methyl sites for hydroxylation is 1. The van der Waals surface area contributed by atoms with E-state index in [0.717, 1.165) is 5.56 Å². The van der Waals surface area contributed by atoms with E-state index in [2.05, 4.69) is 11.2 Å². The molecule has 0 aromatic heterocycles. The molecule has 1 aromatic rings. The van der Waals surface area contributed by atoms with Gasteiger partial charge in [0.25, 0.3) is 0 Å². The van der Waals surface area contributed by atoms with Crippen LogP contribution in [0.1, 0.15) is 11.1 Å². The quantitative estimate of drug-likeness (QED) is 0.583. The fraction of sp³-hybridized carbons (Fsp3) is 0.154. The second-order valence-electron chi connectivity index (χ2n) is 3.17. The van der Waals surface area contributed by atoms with Crippen molar-refractivity contribution in [1.29, 1.82) is 0 Å². The third-order valence-electron chi connectivity index (χ3n) is 1.87. The van der Waals surface area contributed by atoms with Crippen LogP contribution in [0.3, 0.4) is 0 Å². The molecule has 0 aliphatic heterocycles. The zero-order valence-corrected chi connectivity index (χ0v) is 8.66. The molecule has 0 spiro atoms. The number of carbonyl (C=O) groups is 1. The highest BCUT2D eigenvalue weighted by Gasteiger charge is 1.92. The second-order valence-corrected chi connectivity index (χ2v) is 3.17. The van der Waals surface area contributed by atoms with Crippen molar-refractivity contribution in [2.45, 2.75) is 6.92 Å². The van der Waals surface area contributed by atoms with Crippen LogP contribution in [0.5, 0.6) is 0 Å². The molecule has 0 heterocycles. The molecule has 1 amide bonds. The Morgan fingerprint density at radius 1 is 1.47 bits per heavy atom. The zero-order valence-electron chi connectivity index (χ0n) is 8.66. The molecule has 0 atom stereocenters. The van der Waals surface area contributed by atoms with Gasteiger partial charge in [-0.2, -0.15) is 0 Å².